The summed E-state index contributed by atoms with van der Waals surface area (Å²) in [6, 6.07) is 3.38. The summed E-state index contributed by atoms with van der Waals surface area (Å²) in [5, 5.41) is 0.394. The lowest BCUT2D eigenvalue weighted by molar-refractivity contribution is 0.0708. The van der Waals surface area contributed by atoms with Gasteiger partial charge in [0.15, 0.2) is 11.5 Å². The van der Waals surface area contributed by atoms with E-state index in [0.29, 0.717) is 35.2 Å². The van der Waals surface area contributed by atoms with E-state index >= 15 is 0 Å². The van der Waals surface area contributed by atoms with Crippen molar-refractivity contribution in [3.05, 3.63) is 22.7 Å². The first-order valence-electron chi connectivity index (χ1n) is 8.12. The van der Waals surface area contributed by atoms with E-state index in [1.54, 1.807) is 24.1 Å². The van der Waals surface area contributed by atoms with Crippen molar-refractivity contribution in [1.82, 2.24) is 4.90 Å². The number of carbonyl (C=O) groups excluding carboxylic acids is 1. The molecule has 1 aliphatic rings. The van der Waals surface area contributed by atoms with E-state index in [2.05, 4.69) is 6.92 Å². The molecule has 1 heterocycles. The van der Waals surface area contributed by atoms with Gasteiger partial charge in [0.05, 0.1) is 18.7 Å². The van der Waals surface area contributed by atoms with Gasteiger partial charge in [0, 0.05) is 24.7 Å². The number of hydrogen-bond donors (Lipinski definition) is 1. The van der Waals surface area contributed by atoms with Gasteiger partial charge < -0.3 is 20.1 Å². The molecule has 1 amide bonds. The summed E-state index contributed by atoms with van der Waals surface area (Å²) in [5.41, 5.74) is 6.46. The van der Waals surface area contributed by atoms with Gasteiger partial charge in [-0.05, 0) is 31.4 Å². The zero-order valence-electron chi connectivity index (χ0n) is 13.8. The van der Waals surface area contributed by atoms with Crippen LogP contribution in [-0.4, -0.2) is 43.7 Å². The number of likely N-dealkylation sites (tertiary alicyclic amines) is 1. The van der Waals surface area contributed by atoms with E-state index in [1.165, 1.54) is 0 Å². The standard InChI is InChI=1S/C17H25ClN2O3/c1-3-4-8-23-16-14(18)9-12(10-15(16)22-2)17(21)20-7-5-6-13(19)11-20/h9-10,13H,3-8,11,19H2,1-2H3/t13-/m1/s1. The van der Waals surface area contributed by atoms with Gasteiger partial charge in [-0.1, -0.05) is 24.9 Å². The molecule has 2 N–H and O–H groups in total. The van der Waals surface area contributed by atoms with Crippen molar-refractivity contribution in [2.24, 2.45) is 5.73 Å². The average Bonchev–Trinajstić information content (AvgIpc) is 2.55. The predicted octanol–water partition coefficient (Wildman–Crippen LogP) is 3.09. The second-order valence-corrected chi connectivity index (χ2v) is 6.25. The highest BCUT2D eigenvalue weighted by Crippen LogP contribution is 2.37. The minimum absolute atomic E-state index is 0.0433. The predicted molar refractivity (Wildman–Crippen MR) is 91.5 cm³/mol. The highest BCUT2D eigenvalue weighted by Gasteiger charge is 2.24. The van der Waals surface area contributed by atoms with Crippen LogP contribution in [0.15, 0.2) is 12.1 Å². The first-order chi connectivity index (χ1) is 11.1. The van der Waals surface area contributed by atoms with Gasteiger partial charge in [-0.3, -0.25) is 4.79 Å². The van der Waals surface area contributed by atoms with E-state index in [9.17, 15) is 4.79 Å². The maximum atomic E-state index is 12.7. The van der Waals surface area contributed by atoms with Crippen LogP contribution in [0.2, 0.25) is 5.02 Å². The normalized spacial score (nSPS) is 17.9. The molecule has 6 heteroatoms. The molecule has 23 heavy (non-hydrogen) atoms. The summed E-state index contributed by atoms with van der Waals surface area (Å²) in [4.78, 5) is 14.4. The minimum atomic E-state index is -0.0690. The van der Waals surface area contributed by atoms with Gasteiger partial charge in [0.2, 0.25) is 0 Å². The smallest absolute Gasteiger partial charge is 0.254 e. The van der Waals surface area contributed by atoms with Crippen LogP contribution < -0.4 is 15.2 Å². The fraction of sp³-hybridized carbons (Fsp3) is 0.588. The van der Waals surface area contributed by atoms with Crippen molar-refractivity contribution in [3.8, 4) is 11.5 Å². The third-order valence-corrected chi connectivity index (χ3v) is 4.25. The monoisotopic (exact) mass is 340 g/mol. The summed E-state index contributed by atoms with van der Waals surface area (Å²) in [6.07, 6.45) is 3.85. The van der Waals surface area contributed by atoms with Gasteiger partial charge in [-0.25, -0.2) is 0 Å². The molecule has 0 aliphatic carbocycles. The zero-order valence-corrected chi connectivity index (χ0v) is 14.6. The first kappa shape index (κ1) is 17.9. The average molecular weight is 341 g/mol. The Morgan fingerprint density at radius 2 is 2.26 bits per heavy atom. The van der Waals surface area contributed by atoms with Crippen molar-refractivity contribution in [2.75, 3.05) is 26.8 Å². The van der Waals surface area contributed by atoms with E-state index < -0.39 is 0 Å². The molecule has 1 saturated heterocycles. The molecule has 0 radical (unpaired) electrons. The van der Waals surface area contributed by atoms with E-state index in [1.807, 2.05) is 0 Å². The molecule has 0 bridgehead atoms. The zero-order chi connectivity index (χ0) is 16.8. The van der Waals surface area contributed by atoms with Gasteiger partial charge in [0.25, 0.3) is 5.91 Å². The van der Waals surface area contributed by atoms with E-state index in [4.69, 9.17) is 26.8 Å². The molecular formula is C17H25ClN2O3. The molecule has 1 atom stereocenters. The number of nitrogens with zero attached hydrogens (tertiary/aromatic N) is 1. The third-order valence-electron chi connectivity index (χ3n) is 3.97. The minimum Gasteiger partial charge on any atom is -0.493 e. The molecule has 1 aromatic rings. The Labute approximate surface area is 142 Å². The Morgan fingerprint density at radius 1 is 1.48 bits per heavy atom. The van der Waals surface area contributed by atoms with Crippen LogP contribution in [0.25, 0.3) is 0 Å². The number of methoxy groups -OCH3 is 1. The van der Waals surface area contributed by atoms with Crippen LogP contribution in [0.3, 0.4) is 0 Å². The quantitative estimate of drug-likeness (QED) is 0.808. The molecular weight excluding hydrogens is 316 g/mol. The second-order valence-electron chi connectivity index (χ2n) is 5.84. The van der Waals surface area contributed by atoms with Crippen molar-refractivity contribution >= 4 is 17.5 Å². The molecule has 0 spiro atoms. The molecule has 1 fully saturated rings. The number of halogens is 1. The van der Waals surface area contributed by atoms with Crippen LogP contribution in [0.5, 0.6) is 11.5 Å². The van der Waals surface area contributed by atoms with Crippen molar-refractivity contribution in [2.45, 2.75) is 38.6 Å². The number of carbonyl (C=O) groups is 1. The van der Waals surface area contributed by atoms with Gasteiger partial charge in [-0.15, -0.1) is 0 Å². The van der Waals surface area contributed by atoms with Crippen LogP contribution in [0, 0.1) is 0 Å². The molecule has 5 nitrogen and oxygen atoms in total. The number of unbranched alkanes of at least 4 members (excludes halogenated alkanes) is 1. The number of amides is 1. The SMILES string of the molecule is CCCCOc1c(Cl)cc(C(=O)N2CCC[C@@H](N)C2)cc1OC. The Bertz CT molecular complexity index is 551. The highest BCUT2D eigenvalue weighted by atomic mass is 35.5. The lowest BCUT2D eigenvalue weighted by Gasteiger charge is -2.31. The number of nitrogens with two attached hydrogens (primary N) is 1. The van der Waals surface area contributed by atoms with Crippen molar-refractivity contribution in [1.29, 1.82) is 0 Å². The Balaban J connectivity index is 2.19. The lowest BCUT2D eigenvalue weighted by Crippen LogP contribution is -2.45. The topological polar surface area (TPSA) is 64.8 Å². The van der Waals surface area contributed by atoms with Crippen LogP contribution >= 0.6 is 11.6 Å². The summed E-state index contributed by atoms with van der Waals surface area (Å²) in [7, 11) is 1.55. The fourth-order valence-corrected chi connectivity index (χ4v) is 2.94. The van der Waals surface area contributed by atoms with Gasteiger partial charge in [-0.2, -0.15) is 0 Å². The van der Waals surface area contributed by atoms with Crippen LogP contribution in [-0.2, 0) is 0 Å². The summed E-state index contributed by atoms with van der Waals surface area (Å²) in [6.45, 7) is 3.96. The van der Waals surface area contributed by atoms with E-state index in [-0.39, 0.29) is 11.9 Å². The Hall–Kier alpha value is -1.46. The van der Waals surface area contributed by atoms with E-state index in [0.717, 1.165) is 32.2 Å². The van der Waals surface area contributed by atoms with Crippen LogP contribution in [0.1, 0.15) is 43.0 Å². The van der Waals surface area contributed by atoms with Crippen LogP contribution in [0.4, 0.5) is 0 Å². The number of hydrogen-bond acceptors (Lipinski definition) is 4. The second kappa shape index (κ2) is 8.41. The van der Waals surface area contributed by atoms with Gasteiger partial charge in [0.1, 0.15) is 0 Å². The molecule has 2 rings (SSSR count). The number of rotatable bonds is 6. The number of ether oxygens (including phenoxy) is 2. The maximum absolute atomic E-state index is 12.7. The highest BCUT2D eigenvalue weighted by molar-refractivity contribution is 6.32. The molecule has 1 aliphatic heterocycles. The Morgan fingerprint density at radius 3 is 2.91 bits per heavy atom. The number of benzene rings is 1. The number of piperidine rings is 1. The molecule has 1 aromatic carbocycles. The van der Waals surface area contributed by atoms with Gasteiger partial charge >= 0.3 is 0 Å². The molecule has 0 unspecified atom stereocenters. The largest absolute Gasteiger partial charge is 0.493 e. The molecule has 0 aromatic heterocycles. The third kappa shape index (κ3) is 4.52. The Kier molecular flexibility index (Phi) is 6.54. The summed E-state index contributed by atoms with van der Waals surface area (Å²) in [5.74, 6) is 0.910. The molecule has 128 valence electrons. The first-order valence-corrected chi connectivity index (χ1v) is 8.49. The summed E-state index contributed by atoms with van der Waals surface area (Å²) < 4.78 is 11.0. The van der Waals surface area contributed by atoms with Crippen molar-refractivity contribution in [3.63, 3.8) is 0 Å². The fourth-order valence-electron chi connectivity index (χ4n) is 2.68. The summed E-state index contributed by atoms with van der Waals surface area (Å²) >= 11 is 6.30. The maximum Gasteiger partial charge on any atom is 0.254 e. The van der Waals surface area contributed by atoms with Crippen molar-refractivity contribution < 1.29 is 14.3 Å². The lowest BCUT2D eigenvalue weighted by atomic mass is 10.1. The molecule has 0 saturated carbocycles.